The Morgan fingerprint density at radius 1 is 1.08 bits per heavy atom. The SMILES string of the molecule is CC(C)c1c(C(=O)N2CCN(Cc3ccc4c(c3)CCO4)CC2)cnn1-c1ccc(C(F)(F)F)cn1. The second-order valence-corrected chi connectivity index (χ2v) is 9.52. The Kier molecular flexibility index (Phi) is 6.46. The second kappa shape index (κ2) is 9.57. The van der Waals surface area contributed by atoms with Crippen LogP contribution in [0, 0.1) is 0 Å². The number of piperazine rings is 1. The van der Waals surface area contributed by atoms with Crippen LogP contribution in [0.4, 0.5) is 13.2 Å². The molecule has 1 amide bonds. The van der Waals surface area contributed by atoms with Crippen LogP contribution in [0.25, 0.3) is 5.82 Å². The molecule has 4 heterocycles. The highest BCUT2D eigenvalue weighted by atomic mass is 19.4. The van der Waals surface area contributed by atoms with E-state index >= 15 is 0 Å². The van der Waals surface area contributed by atoms with E-state index in [0.29, 0.717) is 24.3 Å². The van der Waals surface area contributed by atoms with Crippen molar-refractivity contribution in [1.82, 2.24) is 24.6 Å². The molecule has 190 valence electrons. The third-order valence-corrected chi connectivity index (χ3v) is 6.70. The summed E-state index contributed by atoms with van der Waals surface area (Å²) in [6.45, 7) is 8.10. The first-order chi connectivity index (χ1) is 17.2. The van der Waals surface area contributed by atoms with Crippen molar-refractivity contribution < 1.29 is 22.7 Å². The molecule has 10 heteroatoms. The lowest BCUT2D eigenvalue weighted by atomic mass is 10.0. The molecule has 0 bridgehead atoms. The number of rotatable bonds is 5. The number of pyridine rings is 1. The molecule has 0 aliphatic carbocycles. The zero-order chi connectivity index (χ0) is 25.4. The molecule has 2 aromatic heterocycles. The lowest BCUT2D eigenvalue weighted by molar-refractivity contribution is -0.137. The third kappa shape index (κ3) is 4.82. The summed E-state index contributed by atoms with van der Waals surface area (Å²) in [6.07, 6.45) is -1.24. The highest BCUT2D eigenvalue weighted by Gasteiger charge is 2.32. The van der Waals surface area contributed by atoms with Gasteiger partial charge in [-0.15, -0.1) is 0 Å². The first-order valence-electron chi connectivity index (χ1n) is 12.1. The first kappa shape index (κ1) is 24.3. The summed E-state index contributed by atoms with van der Waals surface area (Å²) in [4.78, 5) is 21.5. The summed E-state index contributed by atoms with van der Waals surface area (Å²) < 4.78 is 45.8. The number of nitrogens with zero attached hydrogens (tertiary/aromatic N) is 5. The van der Waals surface area contributed by atoms with Gasteiger partial charge in [0, 0.05) is 45.3 Å². The molecule has 0 spiro atoms. The number of halogens is 3. The van der Waals surface area contributed by atoms with Crippen LogP contribution >= 0.6 is 0 Å². The van der Waals surface area contributed by atoms with Gasteiger partial charge in [-0.25, -0.2) is 9.67 Å². The minimum atomic E-state index is -4.46. The number of benzene rings is 1. The zero-order valence-corrected chi connectivity index (χ0v) is 20.3. The van der Waals surface area contributed by atoms with Gasteiger partial charge in [0.15, 0.2) is 5.82 Å². The average molecular weight is 500 g/mol. The Hall–Kier alpha value is -3.40. The van der Waals surface area contributed by atoms with E-state index in [-0.39, 0.29) is 17.6 Å². The van der Waals surface area contributed by atoms with Crippen LogP contribution < -0.4 is 4.74 Å². The fraction of sp³-hybridized carbons (Fsp3) is 0.423. The molecule has 0 N–H and O–H groups in total. The Balaban J connectivity index is 1.27. The Labute approximate surface area is 207 Å². The van der Waals surface area contributed by atoms with Gasteiger partial charge in [-0.05, 0) is 35.2 Å². The molecule has 0 unspecified atom stereocenters. The maximum absolute atomic E-state index is 13.4. The molecule has 7 nitrogen and oxygen atoms in total. The van der Waals surface area contributed by atoms with Crippen LogP contribution in [0.2, 0.25) is 0 Å². The van der Waals surface area contributed by atoms with Crippen LogP contribution in [-0.2, 0) is 19.1 Å². The highest BCUT2D eigenvalue weighted by molar-refractivity contribution is 5.95. The molecular weight excluding hydrogens is 471 g/mol. The van der Waals surface area contributed by atoms with Crippen molar-refractivity contribution in [3.8, 4) is 11.6 Å². The monoisotopic (exact) mass is 499 g/mol. The summed E-state index contributed by atoms with van der Waals surface area (Å²) >= 11 is 0. The average Bonchev–Trinajstić information content (AvgIpc) is 3.51. The minimum Gasteiger partial charge on any atom is -0.493 e. The number of ether oxygens (including phenoxy) is 1. The van der Waals surface area contributed by atoms with Gasteiger partial charge < -0.3 is 9.64 Å². The standard InChI is InChI=1S/C26H28F3N5O2/c1-17(2)24-21(15-31-34(24)23-6-4-20(14-30-23)26(27,28)29)25(35)33-10-8-32(9-11-33)16-18-3-5-22-19(13-18)7-12-36-22/h3-6,13-15,17H,7-12,16H2,1-2H3. The fourth-order valence-electron chi connectivity index (χ4n) is 4.82. The highest BCUT2D eigenvalue weighted by Crippen LogP contribution is 2.30. The van der Waals surface area contributed by atoms with Gasteiger partial charge in [0.05, 0.1) is 29.6 Å². The molecule has 36 heavy (non-hydrogen) atoms. The second-order valence-electron chi connectivity index (χ2n) is 9.52. The van der Waals surface area contributed by atoms with Gasteiger partial charge in [0.1, 0.15) is 5.75 Å². The Morgan fingerprint density at radius 2 is 1.86 bits per heavy atom. The van der Waals surface area contributed by atoms with Gasteiger partial charge in [-0.1, -0.05) is 26.0 Å². The number of amides is 1. The molecule has 2 aliphatic heterocycles. The number of hydrogen-bond acceptors (Lipinski definition) is 5. The predicted octanol–water partition coefficient (Wildman–Crippen LogP) is 4.30. The van der Waals surface area contributed by atoms with E-state index in [2.05, 4.69) is 27.1 Å². The molecule has 0 radical (unpaired) electrons. The molecule has 5 rings (SSSR count). The van der Waals surface area contributed by atoms with Crippen molar-refractivity contribution >= 4 is 5.91 Å². The lowest BCUT2D eigenvalue weighted by Crippen LogP contribution is -2.48. The minimum absolute atomic E-state index is 0.0828. The van der Waals surface area contributed by atoms with Crippen molar-refractivity contribution in [3.63, 3.8) is 0 Å². The molecule has 1 saturated heterocycles. The van der Waals surface area contributed by atoms with Crippen LogP contribution in [0.15, 0.2) is 42.7 Å². The fourth-order valence-corrected chi connectivity index (χ4v) is 4.82. The van der Waals surface area contributed by atoms with Crippen molar-refractivity contribution in [2.45, 2.75) is 38.9 Å². The zero-order valence-electron chi connectivity index (χ0n) is 20.3. The number of hydrogen-bond donors (Lipinski definition) is 0. The quantitative estimate of drug-likeness (QED) is 0.524. The van der Waals surface area contributed by atoms with Crippen molar-refractivity contribution in [2.24, 2.45) is 0 Å². The van der Waals surface area contributed by atoms with Crippen LogP contribution in [-0.4, -0.2) is 63.3 Å². The molecular formula is C26H28F3N5O2. The smallest absolute Gasteiger partial charge is 0.417 e. The number of carbonyl (C=O) groups excluding carboxylic acids is 1. The number of alkyl halides is 3. The van der Waals surface area contributed by atoms with Crippen LogP contribution in [0.3, 0.4) is 0 Å². The summed E-state index contributed by atoms with van der Waals surface area (Å²) in [6, 6.07) is 8.59. The molecule has 0 saturated carbocycles. The van der Waals surface area contributed by atoms with Gasteiger partial charge in [0.2, 0.25) is 0 Å². The maximum atomic E-state index is 13.4. The summed E-state index contributed by atoms with van der Waals surface area (Å²) in [7, 11) is 0. The number of fused-ring (bicyclic) bond motifs is 1. The van der Waals surface area contributed by atoms with Crippen molar-refractivity contribution in [2.75, 3.05) is 32.8 Å². The molecule has 1 fully saturated rings. The van der Waals surface area contributed by atoms with Gasteiger partial charge in [-0.2, -0.15) is 18.3 Å². The van der Waals surface area contributed by atoms with Crippen molar-refractivity contribution in [1.29, 1.82) is 0 Å². The topological polar surface area (TPSA) is 63.5 Å². The summed E-state index contributed by atoms with van der Waals surface area (Å²) in [5.74, 6) is 1.02. The first-order valence-corrected chi connectivity index (χ1v) is 12.1. The van der Waals surface area contributed by atoms with Gasteiger partial charge >= 0.3 is 6.18 Å². The predicted molar refractivity (Wildman–Crippen MR) is 127 cm³/mol. The van der Waals surface area contributed by atoms with E-state index in [0.717, 1.165) is 50.7 Å². The van der Waals surface area contributed by atoms with Gasteiger partial charge in [0.25, 0.3) is 5.91 Å². The lowest BCUT2D eigenvalue weighted by Gasteiger charge is -2.35. The van der Waals surface area contributed by atoms with E-state index in [1.165, 1.54) is 28.1 Å². The van der Waals surface area contributed by atoms with E-state index in [1.807, 2.05) is 24.8 Å². The van der Waals surface area contributed by atoms with E-state index in [4.69, 9.17) is 4.74 Å². The van der Waals surface area contributed by atoms with E-state index in [1.54, 1.807) is 0 Å². The number of carbonyl (C=O) groups is 1. The van der Waals surface area contributed by atoms with Crippen LogP contribution in [0.1, 0.15) is 52.5 Å². The largest absolute Gasteiger partial charge is 0.493 e. The van der Waals surface area contributed by atoms with Gasteiger partial charge in [-0.3, -0.25) is 9.69 Å². The molecule has 0 atom stereocenters. The summed E-state index contributed by atoms with van der Waals surface area (Å²) in [5.41, 5.74) is 2.76. The molecule has 3 aromatic rings. The molecule has 2 aliphatic rings. The Morgan fingerprint density at radius 3 is 2.53 bits per heavy atom. The summed E-state index contributed by atoms with van der Waals surface area (Å²) in [5, 5.41) is 4.32. The van der Waals surface area contributed by atoms with Crippen molar-refractivity contribution in [3.05, 3.63) is 70.7 Å². The van der Waals surface area contributed by atoms with E-state index < -0.39 is 11.7 Å². The maximum Gasteiger partial charge on any atom is 0.417 e. The van der Waals surface area contributed by atoms with Crippen LogP contribution in [0.5, 0.6) is 5.75 Å². The van der Waals surface area contributed by atoms with E-state index in [9.17, 15) is 18.0 Å². The third-order valence-electron chi connectivity index (χ3n) is 6.70. The molecule has 1 aromatic carbocycles. The normalized spacial score (nSPS) is 16.3. The Bertz CT molecular complexity index is 1250. The number of aromatic nitrogens is 3.